The summed E-state index contributed by atoms with van der Waals surface area (Å²) in [6, 6.07) is 5.93. The van der Waals surface area contributed by atoms with Crippen LogP contribution in [-0.4, -0.2) is 35.5 Å². The second kappa shape index (κ2) is 5.75. The molecule has 104 valence electrons. The number of nitrogens with zero attached hydrogens (tertiary/aromatic N) is 2. The van der Waals surface area contributed by atoms with E-state index >= 15 is 0 Å². The van der Waals surface area contributed by atoms with Gasteiger partial charge in [-0.15, -0.1) is 0 Å². The number of hydrogen-bond acceptors (Lipinski definition) is 4. The summed E-state index contributed by atoms with van der Waals surface area (Å²) in [5.41, 5.74) is 0.430. The number of benzene rings is 1. The molecule has 1 aliphatic rings. The number of rotatable bonds is 6. The van der Waals surface area contributed by atoms with Crippen molar-refractivity contribution in [2.24, 2.45) is 0 Å². The van der Waals surface area contributed by atoms with Gasteiger partial charge in [-0.25, -0.2) is 0 Å². The van der Waals surface area contributed by atoms with Gasteiger partial charge in [0.25, 0.3) is 0 Å². The quantitative estimate of drug-likeness (QED) is 0.644. The maximum atomic E-state index is 11.0. The molecule has 0 spiro atoms. The fraction of sp³-hybridized carbons (Fsp3) is 0.538. The van der Waals surface area contributed by atoms with E-state index in [4.69, 9.17) is 11.6 Å². The lowest BCUT2D eigenvalue weighted by Crippen LogP contribution is -2.36. The van der Waals surface area contributed by atoms with Crippen molar-refractivity contribution >= 4 is 23.0 Å². The first-order valence-corrected chi connectivity index (χ1v) is 6.77. The summed E-state index contributed by atoms with van der Waals surface area (Å²) >= 11 is 5.87. The largest absolute Gasteiger partial charge is 0.378 e. The first-order chi connectivity index (χ1) is 9.00. The molecule has 0 aromatic heterocycles. The Hall–Kier alpha value is -1.33. The summed E-state index contributed by atoms with van der Waals surface area (Å²) in [5, 5.41) is 14.3. The summed E-state index contributed by atoms with van der Waals surface area (Å²) in [7, 11) is 2.09. The SMILES string of the molecule is CC(CNc1cccc(Cl)c1[N+](=O)[O-])N(C)C1CC1. The lowest BCUT2D eigenvalue weighted by Gasteiger charge is -2.25. The lowest BCUT2D eigenvalue weighted by molar-refractivity contribution is -0.383. The molecule has 1 fully saturated rings. The maximum absolute atomic E-state index is 11.0. The van der Waals surface area contributed by atoms with Crippen LogP contribution in [0.5, 0.6) is 0 Å². The van der Waals surface area contributed by atoms with E-state index in [0.717, 1.165) is 0 Å². The summed E-state index contributed by atoms with van der Waals surface area (Å²) in [6.45, 7) is 2.77. The van der Waals surface area contributed by atoms with Gasteiger partial charge in [0.1, 0.15) is 10.7 Å². The minimum absolute atomic E-state index is 0.0505. The van der Waals surface area contributed by atoms with Crippen LogP contribution < -0.4 is 5.32 Å². The number of hydrogen-bond donors (Lipinski definition) is 1. The van der Waals surface area contributed by atoms with E-state index in [1.54, 1.807) is 12.1 Å². The molecule has 0 bridgehead atoms. The topological polar surface area (TPSA) is 58.4 Å². The number of para-hydroxylation sites is 1. The van der Waals surface area contributed by atoms with Crippen molar-refractivity contribution in [1.82, 2.24) is 4.90 Å². The molecule has 6 heteroatoms. The molecule has 5 nitrogen and oxygen atoms in total. The predicted molar refractivity (Wildman–Crippen MR) is 76.8 cm³/mol. The van der Waals surface area contributed by atoms with Crippen LogP contribution in [-0.2, 0) is 0 Å². The van der Waals surface area contributed by atoms with Crippen LogP contribution in [0.3, 0.4) is 0 Å². The molecule has 0 heterocycles. The first-order valence-electron chi connectivity index (χ1n) is 6.39. The molecule has 19 heavy (non-hydrogen) atoms. The third-order valence-corrected chi connectivity index (χ3v) is 3.88. The molecule has 0 saturated heterocycles. The second-order valence-electron chi connectivity index (χ2n) is 5.02. The Morgan fingerprint density at radius 1 is 1.58 bits per heavy atom. The fourth-order valence-corrected chi connectivity index (χ4v) is 2.33. The highest BCUT2D eigenvalue weighted by molar-refractivity contribution is 6.33. The summed E-state index contributed by atoms with van der Waals surface area (Å²) < 4.78 is 0. The smallest absolute Gasteiger partial charge is 0.310 e. The van der Waals surface area contributed by atoms with E-state index in [9.17, 15) is 10.1 Å². The van der Waals surface area contributed by atoms with E-state index in [1.165, 1.54) is 18.9 Å². The monoisotopic (exact) mass is 283 g/mol. The van der Waals surface area contributed by atoms with Crippen molar-refractivity contribution in [1.29, 1.82) is 0 Å². The van der Waals surface area contributed by atoms with Gasteiger partial charge in [-0.3, -0.25) is 15.0 Å². The Morgan fingerprint density at radius 2 is 2.26 bits per heavy atom. The van der Waals surface area contributed by atoms with Crippen LogP contribution in [0.4, 0.5) is 11.4 Å². The molecule has 1 aromatic rings. The molecular weight excluding hydrogens is 266 g/mol. The number of nitro groups is 1. The van der Waals surface area contributed by atoms with Gasteiger partial charge in [0, 0.05) is 18.6 Å². The van der Waals surface area contributed by atoms with Crippen molar-refractivity contribution in [2.45, 2.75) is 31.8 Å². The van der Waals surface area contributed by atoms with Crippen molar-refractivity contribution < 1.29 is 4.92 Å². The Bertz CT molecular complexity index is 477. The van der Waals surface area contributed by atoms with Crippen molar-refractivity contribution in [3.05, 3.63) is 33.3 Å². The van der Waals surface area contributed by atoms with Gasteiger partial charge in [-0.05, 0) is 38.9 Å². The van der Waals surface area contributed by atoms with E-state index in [-0.39, 0.29) is 10.7 Å². The average molecular weight is 284 g/mol. The summed E-state index contributed by atoms with van der Waals surface area (Å²) in [4.78, 5) is 12.9. The number of nitro benzene ring substituents is 1. The van der Waals surface area contributed by atoms with Crippen molar-refractivity contribution in [3.8, 4) is 0 Å². The Kier molecular flexibility index (Phi) is 4.27. The van der Waals surface area contributed by atoms with Gasteiger partial charge >= 0.3 is 5.69 Å². The Balaban J connectivity index is 2.02. The molecular formula is C13H18ClN3O2. The molecule has 0 aliphatic heterocycles. The average Bonchev–Trinajstić information content (AvgIpc) is 3.18. The van der Waals surface area contributed by atoms with E-state index in [0.29, 0.717) is 24.3 Å². The number of anilines is 1. The van der Waals surface area contributed by atoms with Crippen LogP contribution in [0.25, 0.3) is 0 Å². The summed E-state index contributed by atoms with van der Waals surface area (Å²) in [6.07, 6.45) is 2.50. The van der Waals surface area contributed by atoms with Gasteiger partial charge in [-0.2, -0.15) is 0 Å². The summed E-state index contributed by atoms with van der Waals surface area (Å²) in [5.74, 6) is 0. The molecule has 1 atom stereocenters. The predicted octanol–water partition coefficient (Wildman–Crippen LogP) is 3.14. The van der Waals surface area contributed by atoms with Gasteiger partial charge in [-0.1, -0.05) is 17.7 Å². The van der Waals surface area contributed by atoms with E-state index in [2.05, 4.69) is 24.2 Å². The highest BCUT2D eigenvalue weighted by atomic mass is 35.5. The van der Waals surface area contributed by atoms with Crippen LogP contribution in [0, 0.1) is 10.1 Å². The van der Waals surface area contributed by atoms with Crippen LogP contribution in [0.2, 0.25) is 5.02 Å². The molecule has 1 unspecified atom stereocenters. The molecule has 1 N–H and O–H groups in total. The standard InChI is InChI=1S/C13H18ClN3O2/c1-9(16(2)10-6-7-10)8-15-12-5-3-4-11(14)13(12)17(18)19/h3-5,9-10,15H,6-8H2,1-2H3. The number of halogens is 1. The zero-order valence-corrected chi connectivity index (χ0v) is 11.9. The van der Waals surface area contributed by atoms with E-state index in [1.807, 2.05) is 0 Å². The highest BCUT2D eigenvalue weighted by Crippen LogP contribution is 2.32. The third-order valence-electron chi connectivity index (χ3n) is 3.58. The lowest BCUT2D eigenvalue weighted by atomic mass is 10.2. The zero-order valence-electron chi connectivity index (χ0n) is 11.1. The Morgan fingerprint density at radius 3 is 2.84 bits per heavy atom. The van der Waals surface area contributed by atoms with Crippen molar-refractivity contribution in [3.63, 3.8) is 0 Å². The van der Waals surface area contributed by atoms with Crippen LogP contribution >= 0.6 is 11.6 Å². The van der Waals surface area contributed by atoms with Crippen LogP contribution in [0.1, 0.15) is 19.8 Å². The van der Waals surface area contributed by atoms with Gasteiger partial charge in [0.15, 0.2) is 0 Å². The van der Waals surface area contributed by atoms with Crippen molar-refractivity contribution in [2.75, 3.05) is 18.9 Å². The molecule has 1 aliphatic carbocycles. The normalized spacial score (nSPS) is 16.4. The second-order valence-corrected chi connectivity index (χ2v) is 5.43. The van der Waals surface area contributed by atoms with E-state index < -0.39 is 4.92 Å². The molecule has 0 amide bonds. The van der Waals surface area contributed by atoms with Crippen LogP contribution in [0.15, 0.2) is 18.2 Å². The number of likely N-dealkylation sites (N-methyl/N-ethyl adjacent to an activating group) is 1. The van der Waals surface area contributed by atoms with Gasteiger partial charge in [0.2, 0.25) is 0 Å². The number of nitrogens with one attached hydrogen (secondary N) is 1. The third kappa shape index (κ3) is 3.36. The maximum Gasteiger partial charge on any atom is 0.310 e. The fourth-order valence-electron chi connectivity index (χ4n) is 2.09. The van der Waals surface area contributed by atoms with Gasteiger partial charge in [0.05, 0.1) is 4.92 Å². The molecule has 0 radical (unpaired) electrons. The molecule has 1 saturated carbocycles. The zero-order chi connectivity index (χ0) is 14.0. The minimum atomic E-state index is -0.445. The minimum Gasteiger partial charge on any atom is -0.378 e. The highest BCUT2D eigenvalue weighted by Gasteiger charge is 2.29. The Labute approximate surface area is 117 Å². The first kappa shape index (κ1) is 14.1. The molecule has 1 aromatic carbocycles. The molecule has 2 rings (SSSR count). The van der Waals surface area contributed by atoms with Gasteiger partial charge < -0.3 is 5.32 Å².